The molecule has 1 saturated heterocycles. The van der Waals surface area contributed by atoms with Crippen LogP contribution in [0, 0.1) is 5.92 Å². The molecular weight excluding hydrogens is 345 g/mol. The molecule has 3 rings (SSSR count). The van der Waals surface area contributed by atoms with Crippen LogP contribution < -0.4 is 5.32 Å². The zero-order valence-corrected chi connectivity index (χ0v) is 15.6. The maximum absolute atomic E-state index is 12.1. The minimum absolute atomic E-state index is 0.0497. The van der Waals surface area contributed by atoms with Gasteiger partial charge in [0, 0.05) is 39.3 Å². The molecule has 6 heteroatoms. The number of hydrogen-bond acceptors (Lipinski definition) is 3. The Labute approximate surface area is 154 Å². The Morgan fingerprint density at radius 1 is 1.17 bits per heavy atom. The third kappa shape index (κ3) is 4.42. The van der Waals surface area contributed by atoms with Gasteiger partial charge < -0.3 is 10.2 Å². The SMILES string of the molecule is CCN1CCN(Cc2ccccc2CNC(=O)C2CC2(Cl)Cl)CC1. The molecule has 2 fully saturated rings. The molecule has 0 spiro atoms. The number of halogens is 2. The first-order chi connectivity index (χ1) is 11.5. The predicted octanol–water partition coefficient (Wildman–Crippen LogP) is 2.63. The lowest BCUT2D eigenvalue weighted by Crippen LogP contribution is -2.45. The minimum Gasteiger partial charge on any atom is -0.352 e. The van der Waals surface area contributed by atoms with Gasteiger partial charge in [0.15, 0.2) is 0 Å². The molecule has 1 N–H and O–H groups in total. The Kier molecular flexibility index (Phi) is 5.70. The Bertz CT molecular complexity index is 585. The van der Waals surface area contributed by atoms with Gasteiger partial charge in [-0.2, -0.15) is 0 Å². The summed E-state index contributed by atoms with van der Waals surface area (Å²) >= 11 is 11.9. The zero-order valence-electron chi connectivity index (χ0n) is 14.1. The third-order valence-corrected chi connectivity index (χ3v) is 5.86. The fourth-order valence-electron chi connectivity index (χ4n) is 3.19. The van der Waals surface area contributed by atoms with Crippen LogP contribution in [-0.2, 0) is 17.9 Å². The summed E-state index contributed by atoms with van der Waals surface area (Å²) in [5.41, 5.74) is 2.45. The normalized spacial score (nSPS) is 23.9. The molecule has 1 aromatic carbocycles. The second kappa shape index (κ2) is 7.61. The van der Waals surface area contributed by atoms with Crippen LogP contribution in [0.3, 0.4) is 0 Å². The van der Waals surface area contributed by atoms with Gasteiger partial charge in [-0.1, -0.05) is 31.2 Å². The molecule has 1 unspecified atom stereocenters. The first kappa shape index (κ1) is 18.0. The number of alkyl halides is 2. The molecule has 1 aliphatic heterocycles. The number of carbonyl (C=O) groups is 1. The number of carbonyl (C=O) groups excluding carboxylic acids is 1. The number of amides is 1. The second-order valence-electron chi connectivity index (χ2n) is 6.71. The molecular formula is C18H25Cl2N3O. The number of rotatable bonds is 6. The quantitative estimate of drug-likeness (QED) is 0.782. The van der Waals surface area contributed by atoms with Crippen LogP contribution in [0.5, 0.6) is 0 Å². The van der Waals surface area contributed by atoms with Crippen LogP contribution in [0.2, 0.25) is 0 Å². The van der Waals surface area contributed by atoms with Gasteiger partial charge in [-0.15, -0.1) is 23.2 Å². The van der Waals surface area contributed by atoms with Crippen molar-refractivity contribution in [1.29, 1.82) is 0 Å². The van der Waals surface area contributed by atoms with Crippen molar-refractivity contribution >= 4 is 29.1 Å². The van der Waals surface area contributed by atoms with Crippen molar-refractivity contribution < 1.29 is 4.79 Å². The number of nitrogens with zero attached hydrogens (tertiary/aromatic N) is 2. The highest BCUT2D eigenvalue weighted by Crippen LogP contribution is 2.53. The van der Waals surface area contributed by atoms with Crippen molar-refractivity contribution in [2.24, 2.45) is 5.92 Å². The molecule has 4 nitrogen and oxygen atoms in total. The molecule has 1 aliphatic carbocycles. The molecule has 1 saturated carbocycles. The molecule has 0 radical (unpaired) electrons. The monoisotopic (exact) mass is 369 g/mol. The average molecular weight is 370 g/mol. The molecule has 2 aliphatic rings. The summed E-state index contributed by atoms with van der Waals surface area (Å²) in [6, 6.07) is 8.31. The fourth-order valence-corrected chi connectivity index (χ4v) is 3.70. The number of hydrogen-bond donors (Lipinski definition) is 1. The summed E-state index contributed by atoms with van der Waals surface area (Å²) in [6.45, 7) is 9.25. The van der Waals surface area contributed by atoms with E-state index in [0.717, 1.165) is 39.3 Å². The van der Waals surface area contributed by atoms with Crippen molar-refractivity contribution in [2.45, 2.75) is 30.8 Å². The smallest absolute Gasteiger partial charge is 0.226 e. The van der Waals surface area contributed by atoms with E-state index in [2.05, 4.69) is 40.2 Å². The Balaban J connectivity index is 1.54. The molecule has 1 amide bonds. The zero-order chi connectivity index (χ0) is 17.2. The highest BCUT2D eigenvalue weighted by molar-refractivity contribution is 6.52. The Hall–Kier alpha value is -0.810. The van der Waals surface area contributed by atoms with E-state index in [1.807, 2.05) is 6.07 Å². The van der Waals surface area contributed by atoms with Gasteiger partial charge in [0.1, 0.15) is 4.33 Å². The maximum Gasteiger partial charge on any atom is 0.226 e. The molecule has 0 aromatic heterocycles. The number of piperazine rings is 1. The van der Waals surface area contributed by atoms with Gasteiger partial charge in [-0.25, -0.2) is 0 Å². The number of nitrogens with one attached hydrogen (secondary N) is 1. The van der Waals surface area contributed by atoms with Gasteiger partial charge in [-0.3, -0.25) is 9.69 Å². The summed E-state index contributed by atoms with van der Waals surface area (Å²) in [4.78, 5) is 17.0. The predicted molar refractivity (Wildman–Crippen MR) is 98.2 cm³/mol. The van der Waals surface area contributed by atoms with E-state index in [0.29, 0.717) is 13.0 Å². The lowest BCUT2D eigenvalue weighted by molar-refractivity contribution is -0.122. The van der Waals surface area contributed by atoms with Crippen molar-refractivity contribution in [3.8, 4) is 0 Å². The highest BCUT2D eigenvalue weighted by Gasteiger charge is 2.56. The molecule has 0 bridgehead atoms. The van der Waals surface area contributed by atoms with Crippen molar-refractivity contribution in [3.05, 3.63) is 35.4 Å². The van der Waals surface area contributed by atoms with E-state index < -0.39 is 4.33 Å². The van der Waals surface area contributed by atoms with Crippen LogP contribution in [0.4, 0.5) is 0 Å². The molecule has 1 aromatic rings. The Morgan fingerprint density at radius 2 is 1.75 bits per heavy atom. The summed E-state index contributed by atoms with van der Waals surface area (Å²) in [7, 11) is 0. The summed E-state index contributed by atoms with van der Waals surface area (Å²) < 4.78 is -0.859. The van der Waals surface area contributed by atoms with Crippen LogP contribution in [0.1, 0.15) is 24.5 Å². The summed E-state index contributed by atoms with van der Waals surface area (Å²) in [5, 5.41) is 2.98. The molecule has 1 heterocycles. The first-order valence-corrected chi connectivity index (χ1v) is 9.42. The van der Waals surface area contributed by atoms with Crippen molar-refractivity contribution in [2.75, 3.05) is 32.7 Å². The topological polar surface area (TPSA) is 35.6 Å². The van der Waals surface area contributed by atoms with Crippen molar-refractivity contribution in [1.82, 2.24) is 15.1 Å². The molecule has 132 valence electrons. The second-order valence-corrected chi connectivity index (χ2v) is 8.26. The Morgan fingerprint density at radius 3 is 2.33 bits per heavy atom. The van der Waals surface area contributed by atoms with Crippen LogP contribution in [0.25, 0.3) is 0 Å². The largest absolute Gasteiger partial charge is 0.352 e. The van der Waals surface area contributed by atoms with E-state index >= 15 is 0 Å². The maximum atomic E-state index is 12.1. The van der Waals surface area contributed by atoms with Crippen molar-refractivity contribution in [3.63, 3.8) is 0 Å². The van der Waals surface area contributed by atoms with Gasteiger partial charge >= 0.3 is 0 Å². The van der Waals surface area contributed by atoms with E-state index in [1.165, 1.54) is 11.1 Å². The van der Waals surface area contributed by atoms with Gasteiger partial charge in [0.25, 0.3) is 0 Å². The van der Waals surface area contributed by atoms with E-state index in [9.17, 15) is 4.79 Å². The lowest BCUT2D eigenvalue weighted by atomic mass is 10.1. The molecule has 24 heavy (non-hydrogen) atoms. The first-order valence-electron chi connectivity index (χ1n) is 8.66. The van der Waals surface area contributed by atoms with Crippen LogP contribution >= 0.6 is 23.2 Å². The molecule has 1 atom stereocenters. The van der Waals surface area contributed by atoms with E-state index in [-0.39, 0.29) is 11.8 Å². The fraction of sp³-hybridized carbons (Fsp3) is 0.611. The van der Waals surface area contributed by atoms with Gasteiger partial charge in [0.05, 0.1) is 5.92 Å². The summed E-state index contributed by atoms with van der Waals surface area (Å²) in [6.07, 6.45) is 0.547. The number of benzene rings is 1. The highest BCUT2D eigenvalue weighted by atomic mass is 35.5. The average Bonchev–Trinajstić information content (AvgIpc) is 3.23. The van der Waals surface area contributed by atoms with E-state index in [1.54, 1.807) is 0 Å². The van der Waals surface area contributed by atoms with Crippen LogP contribution in [0.15, 0.2) is 24.3 Å². The number of likely N-dealkylation sites (N-methyl/N-ethyl adjacent to an activating group) is 1. The van der Waals surface area contributed by atoms with Gasteiger partial charge in [-0.05, 0) is 24.1 Å². The summed E-state index contributed by atoms with van der Waals surface area (Å²) in [5.74, 6) is -0.318. The standard InChI is InChI=1S/C18H25Cl2N3O/c1-2-22-7-9-23(10-8-22)13-15-6-4-3-5-14(15)12-21-17(24)16-11-18(16,19)20/h3-6,16H,2,7-13H2,1H3,(H,21,24). The third-order valence-electron chi connectivity index (χ3n) is 5.02. The lowest BCUT2D eigenvalue weighted by Gasteiger charge is -2.34. The van der Waals surface area contributed by atoms with Gasteiger partial charge in [0.2, 0.25) is 5.91 Å². The van der Waals surface area contributed by atoms with E-state index in [4.69, 9.17) is 23.2 Å². The minimum atomic E-state index is -0.859. The van der Waals surface area contributed by atoms with Crippen LogP contribution in [-0.4, -0.2) is 52.8 Å².